The van der Waals surface area contributed by atoms with Crippen molar-refractivity contribution in [2.75, 3.05) is 49.5 Å². The quantitative estimate of drug-likeness (QED) is 0.449. The summed E-state index contributed by atoms with van der Waals surface area (Å²) in [5, 5.41) is 17.3. The monoisotopic (exact) mass is 465 g/mol. The van der Waals surface area contributed by atoms with Gasteiger partial charge in [-0.3, -0.25) is 4.99 Å². The van der Waals surface area contributed by atoms with E-state index in [9.17, 15) is 5.11 Å². The van der Waals surface area contributed by atoms with Gasteiger partial charge in [0.2, 0.25) is 5.75 Å². The number of methoxy groups -OCH3 is 3. The Morgan fingerprint density at radius 1 is 0.903 bits per heavy atom. The summed E-state index contributed by atoms with van der Waals surface area (Å²) >= 11 is 0. The van der Waals surface area contributed by atoms with Gasteiger partial charge >= 0.3 is 21.7 Å². The van der Waals surface area contributed by atoms with E-state index in [4.69, 9.17) is 14.2 Å². The molecular weight excluding hydrogens is 430 g/mol. The zero-order chi connectivity index (χ0) is 23.1. The fourth-order valence-electron chi connectivity index (χ4n) is 2.44. The van der Waals surface area contributed by atoms with Crippen LogP contribution in [0.4, 0.5) is 5.69 Å². The number of phenolic OH excluding ortho intramolecular Hbond substituents is 1. The Morgan fingerprint density at radius 3 is 1.77 bits per heavy atom. The Balaban J connectivity index is 0. The molecule has 0 aliphatic rings. The predicted octanol–water partition coefficient (Wildman–Crippen LogP) is 5.53. The maximum atomic E-state index is 10.3. The first-order chi connectivity index (χ1) is 14.3. The molecular formula is C23H35N3O4Ti. The Labute approximate surface area is 202 Å². The summed E-state index contributed by atoms with van der Waals surface area (Å²) in [6, 6.07) is 9.16. The zero-order valence-corrected chi connectivity index (χ0v) is 21.6. The third-order valence-corrected chi connectivity index (χ3v) is 3.71. The van der Waals surface area contributed by atoms with E-state index >= 15 is 0 Å². The fraction of sp³-hybridized carbons (Fsp3) is 0.435. The maximum Gasteiger partial charge on any atom is 2.00 e. The normalized spacial score (nSPS) is 9.74. The van der Waals surface area contributed by atoms with E-state index in [1.54, 1.807) is 73.9 Å². The fourth-order valence-corrected chi connectivity index (χ4v) is 2.44. The minimum atomic E-state index is 0. The summed E-state index contributed by atoms with van der Waals surface area (Å²) in [6.45, 7) is 4.06. The molecule has 0 aliphatic carbocycles. The number of rotatable bonds is 6. The van der Waals surface area contributed by atoms with Gasteiger partial charge in [-0.2, -0.15) is 28.2 Å². The number of aromatic hydroxyl groups is 1. The second kappa shape index (κ2) is 17.6. The van der Waals surface area contributed by atoms with Crippen LogP contribution in [-0.2, 0) is 21.7 Å². The van der Waals surface area contributed by atoms with Crippen LogP contribution < -0.4 is 14.2 Å². The summed E-state index contributed by atoms with van der Waals surface area (Å²) in [4.78, 5) is 4.40. The molecule has 8 heteroatoms. The first kappa shape index (κ1) is 31.1. The topological polar surface area (TPSA) is 88.5 Å². The van der Waals surface area contributed by atoms with E-state index in [0.29, 0.717) is 22.9 Å². The number of benzene rings is 2. The third-order valence-electron chi connectivity index (χ3n) is 3.71. The Bertz CT molecular complexity index is 756. The largest absolute Gasteiger partial charge is 2.00 e. The van der Waals surface area contributed by atoms with Gasteiger partial charge < -0.3 is 30.0 Å². The van der Waals surface area contributed by atoms with Crippen molar-refractivity contribution >= 4 is 11.9 Å². The van der Waals surface area contributed by atoms with Crippen LogP contribution >= 0.6 is 0 Å². The first-order valence-corrected chi connectivity index (χ1v) is 9.46. The molecule has 0 unspecified atom stereocenters. The van der Waals surface area contributed by atoms with Crippen LogP contribution in [0.1, 0.15) is 30.9 Å². The number of ether oxygens (including phenoxy) is 3. The summed E-state index contributed by atoms with van der Waals surface area (Å²) in [5.74, 6) is 2.07. The van der Waals surface area contributed by atoms with Gasteiger partial charge in [0.15, 0.2) is 11.5 Å². The third kappa shape index (κ3) is 10.2. The molecule has 0 aromatic heterocycles. The van der Waals surface area contributed by atoms with E-state index < -0.39 is 0 Å². The number of aliphatic imine (C=N–C) groups is 1. The number of phenols is 1. The molecule has 0 bridgehead atoms. The van der Waals surface area contributed by atoms with Crippen LogP contribution in [-0.4, -0.2) is 60.8 Å². The first-order valence-electron chi connectivity index (χ1n) is 9.46. The van der Waals surface area contributed by atoms with Crippen molar-refractivity contribution in [2.24, 2.45) is 4.99 Å². The maximum absolute atomic E-state index is 10.3. The summed E-state index contributed by atoms with van der Waals surface area (Å²) in [7, 11) is 11.7. The molecule has 0 atom stereocenters. The molecule has 0 radical (unpaired) electrons. The minimum Gasteiger partial charge on any atom is -0.668 e. The summed E-state index contributed by atoms with van der Waals surface area (Å²) < 4.78 is 16.0. The van der Waals surface area contributed by atoms with Gasteiger partial charge in [-0.25, -0.2) is 0 Å². The van der Waals surface area contributed by atoms with Crippen molar-refractivity contribution in [2.45, 2.75) is 19.8 Å². The average molecular weight is 465 g/mol. The standard InChI is InChI=1S/C19H23NO4.2C2H6N.Ti/c1-12(2)14-7-6-8-15(18(14)21)20-11-13-9-16(22-3)19(24-5)17(10-13)23-4;2*1-3-2;/h6-12,21H,1-5H3;2*1-2H3;/q;2*-1;+2. The van der Waals surface area contributed by atoms with Crippen molar-refractivity contribution < 1.29 is 41.0 Å². The molecule has 0 amide bonds. The van der Waals surface area contributed by atoms with Gasteiger partial charge in [0.25, 0.3) is 0 Å². The molecule has 2 aromatic rings. The van der Waals surface area contributed by atoms with Gasteiger partial charge in [0.1, 0.15) is 11.4 Å². The molecule has 2 aromatic carbocycles. The van der Waals surface area contributed by atoms with Crippen molar-refractivity contribution in [3.63, 3.8) is 0 Å². The molecule has 0 aliphatic heterocycles. The van der Waals surface area contributed by atoms with Gasteiger partial charge in [0, 0.05) is 11.8 Å². The minimum absolute atomic E-state index is 0. The van der Waals surface area contributed by atoms with Gasteiger partial charge in [-0.05, 0) is 29.7 Å². The average Bonchev–Trinajstić information content (AvgIpc) is 2.73. The molecule has 0 heterocycles. The molecule has 2 rings (SSSR count). The van der Waals surface area contributed by atoms with Crippen molar-refractivity contribution in [1.29, 1.82) is 0 Å². The van der Waals surface area contributed by atoms with Gasteiger partial charge in [-0.1, -0.05) is 26.0 Å². The Hall–Kier alpha value is -2.06. The number of hydrogen-bond donors (Lipinski definition) is 1. The molecule has 0 saturated carbocycles. The van der Waals surface area contributed by atoms with E-state index in [0.717, 1.165) is 11.1 Å². The Kier molecular flexibility index (Phi) is 17.7. The summed E-state index contributed by atoms with van der Waals surface area (Å²) in [6.07, 6.45) is 1.66. The van der Waals surface area contributed by atoms with E-state index in [2.05, 4.69) is 15.6 Å². The predicted molar refractivity (Wildman–Crippen MR) is 126 cm³/mol. The van der Waals surface area contributed by atoms with Crippen LogP contribution in [0.3, 0.4) is 0 Å². The molecule has 0 saturated heterocycles. The van der Waals surface area contributed by atoms with Crippen molar-refractivity contribution in [3.8, 4) is 23.0 Å². The van der Waals surface area contributed by atoms with Crippen LogP contribution in [0, 0.1) is 0 Å². The second-order valence-electron chi connectivity index (χ2n) is 6.48. The van der Waals surface area contributed by atoms with Crippen LogP contribution in [0.25, 0.3) is 10.6 Å². The van der Waals surface area contributed by atoms with Gasteiger partial charge in [0.05, 0.1) is 21.3 Å². The van der Waals surface area contributed by atoms with Crippen LogP contribution in [0.5, 0.6) is 23.0 Å². The number of hydrogen-bond acceptors (Lipinski definition) is 5. The number of para-hydroxylation sites is 1. The van der Waals surface area contributed by atoms with Crippen LogP contribution in [0.15, 0.2) is 35.3 Å². The van der Waals surface area contributed by atoms with Crippen molar-refractivity contribution in [1.82, 2.24) is 0 Å². The molecule has 0 spiro atoms. The van der Waals surface area contributed by atoms with E-state index in [1.165, 1.54) is 0 Å². The number of nitrogens with zero attached hydrogens (tertiary/aromatic N) is 3. The zero-order valence-electron chi connectivity index (χ0n) is 20.1. The molecule has 31 heavy (non-hydrogen) atoms. The van der Waals surface area contributed by atoms with Gasteiger partial charge in [-0.15, -0.1) is 0 Å². The van der Waals surface area contributed by atoms with E-state index in [-0.39, 0.29) is 33.4 Å². The molecule has 0 fully saturated rings. The van der Waals surface area contributed by atoms with Crippen LogP contribution in [0.2, 0.25) is 0 Å². The Morgan fingerprint density at radius 2 is 1.39 bits per heavy atom. The molecule has 170 valence electrons. The SMILES string of the molecule is COc1cc(C=Nc2cccc(C(C)C)c2O)cc(OC)c1OC.C[N-]C.C[N-]C.[Ti+2]. The molecule has 7 nitrogen and oxygen atoms in total. The van der Waals surface area contributed by atoms with E-state index in [1.807, 2.05) is 26.0 Å². The van der Waals surface area contributed by atoms with Crippen molar-refractivity contribution in [3.05, 3.63) is 52.1 Å². The summed E-state index contributed by atoms with van der Waals surface area (Å²) in [5.41, 5.74) is 2.17. The second-order valence-corrected chi connectivity index (χ2v) is 6.48. The smallest absolute Gasteiger partial charge is 0.668 e. The molecule has 1 N–H and O–H groups in total.